The van der Waals surface area contributed by atoms with Gasteiger partial charge in [0, 0.05) is 19.1 Å². The number of aliphatic carboxylic acids is 1. The Kier molecular flexibility index (Phi) is 5.48. The van der Waals surface area contributed by atoms with Crippen LogP contribution in [0.25, 0.3) is 0 Å². The van der Waals surface area contributed by atoms with Gasteiger partial charge in [-0.15, -0.1) is 0 Å². The molecule has 120 valence electrons. The number of nitrogens with zero attached hydrogens (tertiary/aromatic N) is 1. The van der Waals surface area contributed by atoms with Gasteiger partial charge in [-0.2, -0.15) is 0 Å². The third-order valence-corrected chi connectivity index (χ3v) is 4.86. The highest BCUT2D eigenvalue weighted by molar-refractivity contribution is 5.76. The number of likely N-dealkylation sites (tertiary alicyclic amines) is 1. The van der Waals surface area contributed by atoms with E-state index in [0.717, 1.165) is 19.4 Å². The number of hydrogen-bond acceptors (Lipinski definition) is 2. The van der Waals surface area contributed by atoms with Gasteiger partial charge in [0.2, 0.25) is 0 Å². The summed E-state index contributed by atoms with van der Waals surface area (Å²) in [6, 6.07) is 0.314. The fourth-order valence-corrected chi connectivity index (χ4v) is 3.86. The molecule has 0 aromatic carbocycles. The van der Waals surface area contributed by atoms with Crippen LogP contribution in [0.1, 0.15) is 52.4 Å². The third-order valence-electron chi connectivity index (χ3n) is 4.86. The molecule has 0 aromatic rings. The van der Waals surface area contributed by atoms with E-state index in [2.05, 4.69) is 5.32 Å². The minimum Gasteiger partial charge on any atom is -0.481 e. The van der Waals surface area contributed by atoms with E-state index < -0.39 is 11.9 Å². The summed E-state index contributed by atoms with van der Waals surface area (Å²) in [5.74, 6) is -0.327. The molecule has 21 heavy (non-hydrogen) atoms. The minimum atomic E-state index is -0.818. The van der Waals surface area contributed by atoms with E-state index >= 15 is 0 Å². The molecule has 5 heteroatoms. The molecule has 1 heterocycles. The largest absolute Gasteiger partial charge is 0.481 e. The summed E-state index contributed by atoms with van der Waals surface area (Å²) in [7, 11) is 0. The number of rotatable bonds is 5. The Morgan fingerprint density at radius 2 is 1.95 bits per heavy atom. The molecule has 2 N–H and O–H groups in total. The normalized spacial score (nSPS) is 26.5. The Bertz CT molecular complexity index is 384. The predicted octanol–water partition coefficient (Wildman–Crippen LogP) is 2.71. The van der Waals surface area contributed by atoms with E-state index in [1.165, 1.54) is 19.3 Å². The molecule has 0 bridgehead atoms. The lowest BCUT2D eigenvalue weighted by molar-refractivity contribution is -0.142. The molecule has 3 unspecified atom stereocenters. The maximum atomic E-state index is 12.4. The molecule has 0 aromatic heterocycles. The summed E-state index contributed by atoms with van der Waals surface area (Å²) in [5.41, 5.74) is 0. The van der Waals surface area contributed by atoms with Crippen molar-refractivity contribution in [3.63, 3.8) is 0 Å². The van der Waals surface area contributed by atoms with Crippen molar-refractivity contribution in [2.75, 3.05) is 13.1 Å². The van der Waals surface area contributed by atoms with Gasteiger partial charge in [-0.3, -0.25) is 4.79 Å². The van der Waals surface area contributed by atoms with Gasteiger partial charge < -0.3 is 15.3 Å². The van der Waals surface area contributed by atoms with Crippen molar-refractivity contribution in [1.82, 2.24) is 10.2 Å². The lowest BCUT2D eigenvalue weighted by Gasteiger charge is -2.37. The lowest BCUT2D eigenvalue weighted by atomic mass is 9.92. The van der Waals surface area contributed by atoms with Gasteiger partial charge in [-0.25, -0.2) is 4.79 Å². The Morgan fingerprint density at radius 1 is 1.24 bits per heavy atom. The first-order valence-electron chi connectivity index (χ1n) is 8.26. The van der Waals surface area contributed by atoms with Crippen LogP contribution >= 0.6 is 0 Å². The van der Waals surface area contributed by atoms with Crippen LogP contribution in [-0.2, 0) is 4.79 Å². The summed E-state index contributed by atoms with van der Waals surface area (Å²) < 4.78 is 0. The second-order valence-electron chi connectivity index (χ2n) is 6.94. The zero-order valence-electron chi connectivity index (χ0n) is 13.2. The average molecular weight is 296 g/mol. The van der Waals surface area contributed by atoms with Gasteiger partial charge >= 0.3 is 12.0 Å². The van der Waals surface area contributed by atoms with Gasteiger partial charge in [0.05, 0.1) is 5.92 Å². The number of carbonyl (C=O) groups excluding carboxylic acids is 1. The number of nitrogens with one attached hydrogen (secondary N) is 1. The first-order chi connectivity index (χ1) is 9.99. The maximum Gasteiger partial charge on any atom is 0.317 e. The number of fused-ring (bicyclic) bond motifs is 1. The van der Waals surface area contributed by atoms with Crippen LogP contribution in [0.5, 0.6) is 0 Å². The zero-order valence-corrected chi connectivity index (χ0v) is 13.2. The summed E-state index contributed by atoms with van der Waals surface area (Å²) in [5, 5.41) is 12.1. The molecule has 0 spiro atoms. The molecule has 2 aliphatic rings. The van der Waals surface area contributed by atoms with Gasteiger partial charge in [0.25, 0.3) is 0 Å². The highest BCUT2D eigenvalue weighted by Crippen LogP contribution is 2.36. The Balaban J connectivity index is 1.86. The van der Waals surface area contributed by atoms with E-state index in [1.54, 1.807) is 0 Å². The Morgan fingerprint density at radius 3 is 2.62 bits per heavy atom. The van der Waals surface area contributed by atoms with Crippen molar-refractivity contribution >= 4 is 12.0 Å². The topological polar surface area (TPSA) is 69.6 Å². The van der Waals surface area contributed by atoms with Crippen LogP contribution in [-0.4, -0.2) is 41.1 Å². The van der Waals surface area contributed by atoms with Crippen LogP contribution in [0.3, 0.4) is 0 Å². The highest BCUT2D eigenvalue weighted by atomic mass is 16.4. The summed E-state index contributed by atoms with van der Waals surface area (Å²) >= 11 is 0. The van der Waals surface area contributed by atoms with Gasteiger partial charge in [-0.05, 0) is 43.9 Å². The SMILES string of the molecule is CC(C)CC(CNC(=O)N1CCCC2CCCC21)C(=O)O. The summed E-state index contributed by atoms with van der Waals surface area (Å²) in [6.45, 7) is 5.06. The molecule has 0 radical (unpaired) electrons. The van der Waals surface area contributed by atoms with Crippen LogP contribution < -0.4 is 5.32 Å². The molecule has 1 saturated carbocycles. The van der Waals surface area contributed by atoms with Gasteiger partial charge in [0.15, 0.2) is 0 Å². The minimum absolute atomic E-state index is 0.0680. The molecule has 5 nitrogen and oxygen atoms in total. The van der Waals surface area contributed by atoms with E-state index in [-0.39, 0.29) is 12.6 Å². The number of carbonyl (C=O) groups is 2. The highest BCUT2D eigenvalue weighted by Gasteiger charge is 2.37. The fourth-order valence-electron chi connectivity index (χ4n) is 3.86. The van der Waals surface area contributed by atoms with E-state index in [1.807, 2.05) is 18.7 Å². The molecule has 2 fully saturated rings. The zero-order chi connectivity index (χ0) is 15.4. The second-order valence-corrected chi connectivity index (χ2v) is 6.94. The molecule has 2 amide bonds. The third kappa shape index (κ3) is 4.11. The fraction of sp³-hybridized carbons (Fsp3) is 0.875. The monoisotopic (exact) mass is 296 g/mol. The van der Waals surface area contributed by atoms with Crippen LogP contribution in [0, 0.1) is 17.8 Å². The maximum absolute atomic E-state index is 12.4. The van der Waals surface area contributed by atoms with Gasteiger partial charge in [-0.1, -0.05) is 20.3 Å². The summed E-state index contributed by atoms with van der Waals surface area (Å²) in [4.78, 5) is 25.6. The summed E-state index contributed by atoms with van der Waals surface area (Å²) in [6.07, 6.45) is 6.46. The average Bonchev–Trinajstić information content (AvgIpc) is 2.90. The van der Waals surface area contributed by atoms with Crippen molar-refractivity contribution in [1.29, 1.82) is 0 Å². The van der Waals surface area contributed by atoms with Crippen molar-refractivity contribution in [3.8, 4) is 0 Å². The first-order valence-corrected chi connectivity index (χ1v) is 8.26. The molecule has 1 aliphatic carbocycles. The molecular weight excluding hydrogens is 268 g/mol. The van der Waals surface area contributed by atoms with Crippen molar-refractivity contribution in [2.45, 2.75) is 58.4 Å². The van der Waals surface area contributed by atoms with Crippen LogP contribution in [0.15, 0.2) is 0 Å². The van der Waals surface area contributed by atoms with Crippen molar-refractivity contribution in [3.05, 3.63) is 0 Å². The second kappa shape index (κ2) is 7.14. The van der Waals surface area contributed by atoms with Crippen molar-refractivity contribution < 1.29 is 14.7 Å². The molecule has 2 rings (SSSR count). The quantitative estimate of drug-likeness (QED) is 0.819. The number of carboxylic acid groups (broad SMARTS) is 1. The van der Waals surface area contributed by atoms with Crippen LogP contribution in [0.2, 0.25) is 0 Å². The predicted molar refractivity (Wildman–Crippen MR) is 81.0 cm³/mol. The van der Waals surface area contributed by atoms with E-state index in [9.17, 15) is 14.7 Å². The number of carboxylic acids is 1. The lowest BCUT2D eigenvalue weighted by Crippen LogP contribution is -2.51. The number of hydrogen-bond donors (Lipinski definition) is 2. The van der Waals surface area contributed by atoms with E-state index in [0.29, 0.717) is 24.3 Å². The number of urea groups is 1. The smallest absolute Gasteiger partial charge is 0.317 e. The molecule has 3 atom stereocenters. The molecule has 1 saturated heterocycles. The number of amides is 2. The van der Waals surface area contributed by atoms with Crippen LogP contribution in [0.4, 0.5) is 4.79 Å². The Hall–Kier alpha value is -1.26. The van der Waals surface area contributed by atoms with E-state index in [4.69, 9.17) is 0 Å². The standard InChI is InChI=1S/C16H28N2O3/c1-11(2)9-13(15(19)20)10-17-16(21)18-8-4-6-12-5-3-7-14(12)18/h11-14H,3-10H2,1-2H3,(H,17,21)(H,19,20). The van der Waals surface area contributed by atoms with Gasteiger partial charge in [0.1, 0.15) is 0 Å². The number of piperidine rings is 1. The van der Waals surface area contributed by atoms with Crippen molar-refractivity contribution in [2.24, 2.45) is 17.8 Å². The molecular formula is C16H28N2O3. The molecule has 1 aliphatic heterocycles. The first kappa shape index (κ1) is 16.1. The Labute approximate surface area is 127 Å².